The van der Waals surface area contributed by atoms with Crippen LogP contribution in [0.4, 0.5) is 0 Å². The summed E-state index contributed by atoms with van der Waals surface area (Å²) in [5.41, 5.74) is 0. The topological polar surface area (TPSA) is 0 Å². The zero-order valence-electron chi connectivity index (χ0n) is 7.94. The minimum atomic E-state index is -0.230. The van der Waals surface area contributed by atoms with Crippen LogP contribution in [-0.4, -0.2) is 20.4 Å². The molecule has 0 aliphatic heterocycles. The molecule has 0 radical (unpaired) electrons. The molecular weight excluding hydrogens is 316 g/mol. The van der Waals surface area contributed by atoms with Gasteiger partial charge in [-0.25, -0.2) is 0 Å². The van der Waals surface area contributed by atoms with Gasteiger partial charge in [0, 0.05) is 0 Å². The van der Waals surface area contributed by atoms with Crippen LogP contribution >= 0.6 is 12.2 Å². The summed E-state index contributed by atoms with van der Waals surface area (Å²) < 4.78 is 3.98. The fourth-order valence-corrected chi connectivity index (χ4v) is 5.62. The van der Waals surface area contributed by atoms with Crippen molar-refractivity contribution in [2.24, 2.45) is 0 Å². The van der Waals surface area contributed by atoms with E-state index in [1.807, 2.05) is 0 Å². The van der Waals surface area contributed by atoms with E-state index >= 15 is 0 Å². The first-order valence-electron chi connectivity index (χ1n) is 4.77. The molecule has 0 amide bonds. The average Bonchev–Trinajstić information content (AvgIpc) is 2.30. The van der Waals surface area contributed by atoms with Gasteiger partial charge in [0.05, 0.1) is 0 Å². The Balaban J connectivity index is 2.66. The van der Waals surface area contributed by atoms with Gasteiger partial charge in [0.25, 0.3) is 0 Å². The molecule has 2 aromatic carbocycles. The van der Waals surface area contributed by atoms with Crippen molar-refractivity contribution >= 4 is 50.2 Å². The summed E-state index contributed by atoms with van der Waals surface area (Å²) >= 11 is 5.31. The first-order chi connectivity index (χ1) is 7.36. The second-order valence-electron chi connectivity index (χ2n) is 3.42. The first-order valence-corrected chi connectivity index (χ1v) is 7.51. The minimum absolute atomic E-state index is 0.230. The molecule has 0 fully saturated rings. The van der Waals surface area contributed by atoms with Crippen molar-refractivity contribution in [2.75, 3.05) is 0 Å². The number of fused-ring (bicyclic) bond motifs is 2. The van der Waals surface area contributed by atoms with Gasteiger partial charge < -0.3 is 0 Å². The second-order valence-corrected chi connectivity index (χ2v) is 6.92. The predicted octanol–water partition coefficient (Wildman–Crippen LogP) is 3.78. The SMILES string of the molecule is S=c1c2ccccc2[te]c2ccccc12. The predicted molar refractivity (Wildman–Crippen MR) is 69.2 cm³/mol. The summed E-state index contributed by atoms with van der Waals surface area (Å²) in [6.07, 6.45) is 0. The third-order valence-corrected chi connectivity index (χ3v) is 6.21. The van der Waals surface area contributed by atoms with Crippen molar-refractivity contribution in [2.45, 2.75) is 0 Å². The summed E-state index contributed by atoms with van der Waals surface area (Å²) in [7, 11) is 0. The molecule has 15 heavy (non-hydrogen) atoms. The van der Waals surface area contributed by atoms with Gasteiger partial charge in [-0.2, -0.15) is 0 Å². The normalized spacial score (nSPS) is 10.9. The van der Waals surface area contributed by atoms with Crippen LogP contribution < -0.4 is 0 Å². The quantitative estimate of drug-likeness (QED) is 0.345. The third kappa shape index (κ3) is 1.54. The van der Waals surface area contributed by atoms with Crippen molar-refractivity contribution in [1.29, 1.82) is 0 Å². The molecule has 0 saturated carbocycles. The van der Waals surface area contributed by atoms with Crippen LogP contribution in [-0.2, 0) is 0 Å². The zero-order chi connectivity index (χ0) is 10.3. The molecule has 2 heteroatoms. The van der Waals surface area contributed by atoms with Gasteiger partial charge in [0.1, 0.15) is 0 Å². The molecule has 3 rings (SSSR count). The Hall–Kier alpha value is -0.680. The number of hydrogen-bond acceptors (Lipinski definition) is 1. The van der Waals surface area contributed by atoms with Gasteiger partial charge in [0.15, 0.2) is 0 Å². The summed E-state index contributed by atoms with van der Waals surface area (Å²) in [6, 6.07) is 17.1. The van der Waals surface area contributed by atoms with Crippen LogP contribution in [0.15, 0.2) is 48.5 Å². The summed E-state index contributed by atoms with van der Waals surface area (Å²) in [5.74, 6) is 0. The van der Waals surface area contributed by atoms with E-state index in [4.69, 9.17) is 12.2 Å². The molecule has 72 valence electrons. The van der Waals surface area contributed by atoms with Crippen LogP contribution in [0.25, 0.3) is 17.6 Å². The summed E-state index contributed by atoms with van der Waals surface area (Å²) in [6.45, 7) is 0. The number of benzene rings is 2. The van der Waals surface area contributed by atoms with Crippen molar-refractivity contribution in [3.05, 3.63) is 53.0 Å². The van der Waals surface area contributed by atoms with Crippen molar-refractivity contribution in [3.8, 4) is 0 Å². The Bertz CT molecular complexity index is 640. The van der Waals surface area contributed by atoms with Crippen LogP contribution in [0.5, 0.6) is 0 Å². The molecule has 0 nitrogen and oxygen atoms in total. The molecule has 0 atom stereocenters. The third-order valence-electron chi connectivity index (χ3n) is 2.48. The maximum atomic E-state index is 5.54. The van der Waals surface area contributed by atoms with Gasteiger partial charge in [-0.15, -0.1) is 0 Å². The molecule has 1 heterocycles. The molecule has 0 bridgehead atoms. The monoisotopic (exact) mass is 326 g/mol. The Morgan fingerprint density at radius 3 is 1.73 bits per heavy atom. The first kappa shape index (κ1) is 9.54. The molecule has 0 N–H and O–H groups in total. The standard InChI is InChI=1S/C13H8STe/c14-13-9-5-1-3-7-11(9)15-12-8-4-2-6-10(12)13/h1-8H. The number of rotatable bonds is 0. The van der Waals surface area contributed by atoms with Gasteiger partial charge in [-0.1, -0.05) is 0 Å². The van der Waals surface area contributed by atoms with Crippen molar-refractivity contribution in [1.82, 2.24) is 0 Å². The second kappa shape index (κ2) is 3.72. The van der Waals surface area contributed by atoms with Gasteiger partial charge in [0.2, 0.25) is 0 Å². The van der Waals surface area contributed by atoms with E-state index in [1.54, 1.807) is 0 Å². The van der Waals surface area contributed by atoms with Gasteiger partial charge >= 0.3 is 103 Å². The fraction of sp³-hybridized carbons (Fsp3) is 0. The Morgan fingerprint density at radius 1 is 0.733 bits per heavy atom. The Kier molecular flexibility index (Phi) is 2.36. The molecule has 1 aromatic heterocycles. The number of hydrogen-bond donors (Lipinski definition) is 0. The van der Waals surface area contributed by atoms with Crippen molar-refractivity contribution in [3.63, 3.8) is 0 Å². The van der Waals surface area contributed by atoms with E-state index in [0.717, 1.165) is 4.51 Å². The van der Waals surface area contributed by atoms with Crippen LogP contribution in [0.3, 0.4) is 0 Å². The van der Waals surface area contributed by atoms with E-state index in [1.165, 1.54) is 17.6 Å². The molecule has 0 aliphatic rings. The van der Waals surface area contributed by atoms with Crippen LogP contribution in [0, 0.1) is 4.51 Å². The van der Waals surface area contributed by atoms with E-state index in [9.17, 15) is 0 Å². The molecule has 0 aliphatic carbocycles. The molecule has 0 unspecified atom stereocenters. The van der Waals surface area contributed by atoms with Crippen LogP contribution in [0.1, 0.15) is 0 Å². The molecule has 3 aromatic rings. The van der Waals surface area contributed by atoms with Crippen LogP contribution in [0.2, 0.25) is 0 Å². The zero-order valence-corrected chi connectivity index (χ0v) is 11.1. The Morgan fingerprint density at radius 2 is 1.20 bits per heavy atom. The molecule has 0 spiro atoms. The Labute approximate surface area is 103 Å². The van der Waals surface area contributed by atoms with E-state index in [2.05, 4.69) is 48.5 Å². The summed E-state index contributed by atoms with van der Waals surface area (Å²) in [4.78, 5) is 0. The van der Waals surface area contributed by atoms with E-state index in [0.29, 0.717) is 0 Å². The van der Waals surface area contributed by atoms with E-state index < -0.39 is 0 Å². The summed E-state index contributed by atoms with van der Waals surface area (Å²) in [5, 5.41) is 2.57. The molecular formula is C13H8STe. The van der Waals surface area contributed by atoms with E-state index in [-0.39, 0.29) is 20.4 Å². The maximum absolute atomic E-state index is 5.54. The molecule has 0 saturated heterocycles. The average molecular weight is 324 g/mol. The van der Waals surface area contributed by atoms with Gasteiger partial charge in [-0.05, 0) is 0 Å². The fourth-order valence-electron chi connectivity index (χ4n) is 1.75. The van der Waals surface area contributed by atoms with Gasteiger partial charge in [-0.3, -0.25) is 0 Å². The van der Waals surface area contributed by atoms with Crippen molar-refractivity contribution < 1.29 is 0 Å².